The summed E-state index contributed by atoms with van der Waals surface area (Å²) in [4.78, 5) is 17.1. The van der Waals surface area contributed by atoms with E-state index in [1.54, 1.807) is 6.92 Å². The maximum absolute atomic E-state index is 12.6. The van der Waals surface area contributed by atoms with Crippen LogP contribution in [-0.2, 0) is 15.1 Å². The quantitative estimate of drug-likeness (QED) is 0.886. The molecular formula is C15H20N2O2. The molecule has 102 valence electrons. The van der Waals surface area contributed by atoms with E-state index in [2.05, 4.69) is 10.3 Å². The minimum absolute atomic E-state index is 0.122. The zero-order chi connectivity index (χ0) is 14.1. The van der Waals surface area contributed by atoms with E-state index >= 15 is 0 Å². The first-order valence-corrected chi connectivity index (χ1v) is 6.41. The monoisotopic (exact) mass is 260 g/mol. The summed E-state index contributed by atoms with van der Waals surface area (Å²) in [6, 6.07) is 9.56. The molecule has 4 heteroatoms. The molecule has 1 amide bonds. The second kappa shape index (κ2) is 4.68. The summed E-state index contributed by atoms with van der Waals surface area (Å²) in [5.41, 5.74) is -0.405. The molecule has 1 aliphatic rings. The van der Waals surface area contributed by atoms with Gasteiger partial charge in [0.05, 0.1) is 0 Å². The third-order valence-corrected chi connectivity index (χ3v) is 2.95. The summed E-state index contributed by atoms with van der Waals surface area (Å²) in [6.07, 6.45) is 0. The molecule has 0 spiro atoms. The number of amides is 1. The third-order valence-electron chi connectivity index (χ3n) is 2.95. The summed E-state index contributed by atoms with van der Waals surface area (Å²) in [5, 5.41) is 2.99. The van der Waals surface area contributed by atoms with Gasteiger partial charge in [-0.3, -0.25) is 4.79 Å². The number of ether oxygens (including phenoxy) is 1. The van der Waals surface area contributed by atoms with Gasteiger partial charge in [0.25, 0.3) is 5.91 Å². The van der Waals surface area contributed by atoms with Crippen molar-refractivity contribution in [2.24, 2.45) is 4.99 Å². The molecule has 0 saturated carbocycles. The van der Waals surface area contributed by atoms with Crippen LogP contribution in [0.4, 0.5) is 0 Å². The Balaban J connectivity index is 2.40. The molecule has 0 radical (unpaired) electrons. The van der Waals surface area contributed by atoms with Gasteiger partial charge in [0.2, 0.25) is 5.54 Å². The lowest BCUT2D eigenvalue weighted by Crippen LogP contribution is -2.51. The number of carbonyl (C=O) groups is 1. The highest BCUT2D eigenvalue weighted by atomic mass is 16.5. The Morgan fingerprint density at radius 2 is 1.95 bits per heavy atom. The Bertz CT molecular complexity index is 503. The molecule has 1 aromatic carbocycles. The van der Waals surface area contributed by atoms with Crippen molar-refractivity contribution in [3.63, 3.8) is 0 Å². The van der Waals surface area contributed by atoms with E-state index < -0.39 is 5.54 Å². The van der Waals surface area contributed by atoms with Gasteiger partial charge in [-0.25, -0.2) is 4.99 Å². The molecule has 0 saturated heterocycles. The van der Waals surface area contributed by atoms with Crippen LogP contribution in [0.25, 0.3) is 0 Å². The Kier molecular flexibility index (Phi) is 3.35. The molecule has 1 aromatic rings. The van der Waals surface area contributed by atoms with Gasteiger partial charge in [-0.2, -0.15) is 0 Å². The summed E-state index contributed by atoms with van der Waals surface area (Å²) in [7, 11) is 0. The molecule has 0 bridgehead atoms. The fourth-order valence-corrected chi connectivity index (χ4v) is 2.10. The van der Waals surface area contributed by atoms with Crippen molar-refractivity contribution in [3.05, 3.63) is 35.9 Å². The predicted molar refractivity (Wildman–Crippen MR) is 75.1 cm³/mol. The first kappa shape index (κ1) is 13.6. The van der Waals surface area contributed by atoms with Gasteiger partial charge in [0, 0.05) is 12.5 Å². The number of nitrogens with one attached hydrogen (secondary N) is 1. The van der Waals surface area contributed by atoms with E-state index in [1.807, 2.05) is 51.1 Å². The van der Waals surface area contributed by atoms with E-state index in [0.29, 0.717) is 5.90 Å². The van der Waals surface area contributed by atoms with Gasteiger partial charge in [0.15, 0.2) is 5.90 Å². The van der Waals surface area contributed by atoms with Crippen molar-refractivity contribution in [3.8, 4) is 0 Å². The molecule has 2 rings (SSSR count). The van der Waals surface area contributed by atoms with Crippen LogP contribution >= 0.6 is 0 Å². The molecule has 1 aliphatic heterocycles. The highest BCUT2D eigenvalue weighted by molar-refractivity contribution is 5.93. The second-order valence-corrected chi connectivity index (χ2v) is 5.85. The van der Waals surface area contributed by atoms with E-state index in [9.17, 15) is 4.79 Å². The SMILES string of the molecule is CC1=NC(C(=O)NC(C)(C)C)(c2ccccc2)CO1. The molecule has 1 unspecified atom stereocenters. The van der Waals surface area contributed by atoms with E-state index in [-0.39, 0.29) is 18.1 Å². The zero-order valence-corrected chi connectivity index (χ0v) is 11.9. The maximum Gasteiger partial charge on any atom is 0.256 e. The Labute approximate surface area is 113 Å². The summed E-state index contributed by atoms with van der Waals surface area (Å²) in [6.45, 7) is 7.89. The van der Waals surface area contributed by atoms with E-state index in [0.717, 1.165) is 5.56 Å². The van der Waals surface area contributed by atoms with Crippen LogP contribution in [0.3, 0.4) is 0 Å². The van der Waals surface area contributed by atoms with E-state index in [4.69, 9.17) is 4.74 Å². The van der Waals surface area contributed by atoms with Crippen LogP contribution in [0.1, 0.15) is 33.3 Å². The number of benzene rings is 1. The zero-order valence-electron chi connectivity index (χ0n) is 11.9. The van der Waals surface area contributed by atoms with Crippen molar-refractivity contribution < 1.29 is 9.53 Å². The number of hydrogen-bond donors (Lipinski definition) is 1. The first-order chi connectivity index (χ1) is 8.83. The Morgan fingerprint density at radius 3 is 2.42 bits per heavy atom. The van der Waals surface area contributed by atoms with Gasteiger partial charge >= 0.3 is 0 Å². The summed E-state index contributed by atoms with van der Waals surface area (Å²) in [5.74, 6) is 0.427. The minimum Gasteiger partial charge on any atom is -0.478 e. The molecular weight excluding hydrogens is 240 g/mol. The van der Waals surface area contributed by atoms with Gasteiger partial charge in [-0.05, 0) is 26.3 Å². The number of aliphatic imine (C=N–C) groups is 1. The van der Waals surface area contributed by atoms with Crippen LogP contribution in [0.5, 0.6) is 0 Å². The third kappa shape index (κ3) is 2.78. The lowest BCUT2D eigenvalue weighted by molar-refractivity contribution is -0.128. The maximum atomic E-state index is 12.6. The molecule has 1 N–H and O–H groups in total. The average molecular weight is 260 g/mol. The largest absolute Gasteiger partial charge is 0.478 e. The molecule has 0 aromatic heterocycles. The summed E-state index contributed by atoms with van der Waals surface area (Å²) >= 11 is 0. The topological polar surface area (TPSA) is 50.7 Å². The highest BCUT2D eigenvalue weighted by Crippen LogP contribution is 2.31. The number of carbonyl (C=O) groups excluding carboxylic acids is 1. The number of nitrogens with zero attached hydrogens (tertiary/aromatic N) is 1. The van der Waals surface area contributed by atoms with Gasteiger partial charge in [-0.1, -0.05) is 30.3 Å². The molecule has 0 aliphatic carbocycles. The standard InChI is InChI=1S/C15H20N2O2/c1-11-16-15(10-19-11,12-8-6-5-7-9-12)13(18)17-14(2,3)4/h5-9H,10H2,1-4H3,(H,17,18). The molecule has 1 atom stereocenters. The summed E-state index contributed by atoms with van der Waals surface area (Å²) < 4.78 is 5.45. The van der Waals surface area contributed by atoms with Gasteiger partial charge in [0.1, 0.15) is 6.61 Å². The number of rotatable bonds is 2. The first-order valence-electron chi connectivity index (χ1n) is 6.41. The predicted octanol–water partition coefficient (Wildman–Crippen LogP) is 2.25. The average Bonchev–Trinajstić information content (AvgIpc) is 2.72. The fourth-order valence-electron chi connectivity index (χ4n) is 2.10. The Morgan fingerprint density at radius 1 is 1.32 bits per heavy atom. The van der Waals surface area contributed by atoms with Gasteiger partial charge < -0.3 is 10.1 Å². The van der Waals surface area contributed by atoms with Crippen LogP contribution < -0.4 is 5.32 Å². The van der Waals surface area contributed by atoms with Crippen molar-refractivity contribution in [1.82, 2.24) is 5.32 Å². The van der Waals surface area contributed by atoms with Crippen molar-refractivity contribution >= 4 is 11.8 Å². The van der Waals surface area contributed by atoms with E-state index in [1.165, 1.54) is 0 Å². The molecule has 1 heterocycles. The van der Waals surface area contributed by atoms with Crippen molar-refractivity contribution in [1.29, 1.82) is 0 Å². The van der Waals surface area contributed by atoms with Gasteiger partial charge in [-0.15, -0.1) is 0 Å². The molecule has 0 fully saturated rings. The minimum atomic E-state index is -0.960. The second-order valence-electron chi connectivity index (χ2n) is 5.85. The lowest BCUT2D eigenvalue weighted by Gasteiger charge is -2.29. The Hall–Kier alpha value is -1.84. The van der Waals surface area contributed by atoms with Crippen molar-refractivity contribution in [2.75, 3.05) is 6.61 Å². The fraction of sp³-hybridized carbons (Fsp3) is 0.467. The normalized spacial score (nSPS) is 22.6. The lowest BCUT2D eigenvalue weighted by atomic mass is 9.89. The van der Waals surface area contributed by atoms with Crippen LogP contribution in [0, 0.1) is 0 Å². The van der Waals surface area contributed by atoms with Crippen molar-refractivity contribution in [2.45, 2.75) is 38.8 Å². The molecule has 4 nitrogen and oxygen atoms in total. The smallest absolute Gasteiger partial charge is 0.256 e. The molecule has 19 heavy (non-hydrogen) atoms. The van der Waals surface area contributed by atoms with Crippen LogP contribution in [-0.4, -0.2) is 24.0 Å². The number of hydrogen-bond acceptors (Lipinski definition) is 3. The van der Waals surface area contributed by atoms with Crippen LogP contribution in [0.2, 0.25) is 0 Å². The van der Waals surface area contributed by atoms with Crippen LogP contribution in [0.15, 0.2) is 35.3 Å². The highest BCUT2D eigenvalue weighted by Gasteiger charge is 2.45.